The highest BCUT2D eigenvalue weighted by Crippen LogP contribution is 2.29. The molecule has 2 rings (SSSR count). The van der Waals surface area contributed by atoms with E-state index in [4.69, 9.17) is 4.74 Å². The first-order valence-corrected chi connectivity index (χ1v) is 7.59. The van der Waals surface area contributed by atoms with Crippen LogP contribution in [0.4, 0.5) is 0 Å². The van der Waals surface area contributed by atoms with Gasteiger partial charge in [0.05, 0.1) is 6.61 Å². The molecule has 0 radical (unpaired) electrons. The summed E-state index contributed by atoms with van der Waals surface area (Å²) in [6.07, 6.45) is 4.03. The molecule has 1 aromatic carbocycles. The Morgan fingerprint density at radius 1 is 1.39 bits per heavy atom. The SMILES string of the molecule is CC(C)NCc1cc(Br)ccc1OCC1CCC1. The van der Waals surface area contributed by atoms with Gasteiger partial charge in [0.15, 0.2) is 0 Å². The van der Waals surface area contributed by atoms with Crippen LogP contribution >= 0.6 is 15.9 Å². The molecule has 2 nitrogen and oxygen atoms in total. The molecule has 1 aromatic rings. The molecule has 1 fully saturated rings. The van der Waals surface area contributed by atoms with E-state index in [9.17, 15) is 0 Å². The molecule has 0 saturated heterocycles. The van der Waals surface area contributed by atoms with Crippen LogP contribution in [0.1, 0.15) is 38.7 Å². The third-order valence-electron chi connectivity index (χ3n) is 3.42. The van der Waals surface area contributed by atoms with Gasteiger partial charge < -0.3 is 10.1 Å². The van der Waals surface area contributed by atoms with Crippen LogP contribution in [0.5, 0.6) is 5.75 Å². The lowest BCUT2D eigenvalue weighted by Gasteiger charge is -2.26. The lowest BCUT2D eigenvalue weighted by Crippen LogP contribution is -2.23. The van der Waals surface area contributed by atoms with Gasteiger partial charge in [-0.2, -0.15) is 0 Å². The maximum Gasteiger partial charge on any atom is 0.123 e. The molecular weight excluding hydrogens is 290 g/mol. The topological polar surface area (TPSA) is 21.3 Å². The van der Waals surface area contributed by atoms with Crippen molar-refractivity contribution in [1.82, 2.24) is 5.32 Å². The van der Waals surface area contributed by atoms with Gasteiger partial charge in [0.25, 0.3) is 0 Å². The first kappa shape index (κ1) is 13.9. The Bertz CT molecular complexity index is 388. The smallest absolute Gasteiger partial charge is 0.123 e. The third kappa shape index (κ3) is 3.99. The van der Waals surface area contributed by atoms with Gasteiger partial charge in [-0.25, -0.2) is 0 Å². The fourth-order valence-corrected chi connectivity index (χ4v) is 2.42. The molecule has 18 heavy (non-hydrogen) atoms. The highest BCUT2D eigenvalue weighted by Gasteiger charge is 2.18. The van der Waals surface area contributed by atoms with Crippen LogP contribution in [-0.4, -0.2) is 12.6 Å². The van der Waals surface area contributed by atoms with Gasteiger partial charge >= 0.3 is 0 Å². The molecule has 1 N–H and O–H groups in total. The molecule has 1 saturated carbocycles. The Labute approximate surface area is 118 Å². The molecule has 0 bridgehead atoms. The van der Waals surface area contributed by atoms with Crippen molar-refractivity contribution in [1.29, 1.82) is 0 Å². The highest BCUT2D eigenvalue weighted by atomic mass is 79.9. The number of rotatable bonds is 6. The molecule has 0 spiro atoms. The molecule has 1 aliphatic rings. The lowest BCUT2D eigenvalue weighted by atomic mass is 9.86. The Balaban J connectivity index is 1.97. The lowest BCUT2D eigenvalue weighted by molar-refractivity contribution is 0.179. The second kappa shape index (κ2) is 6.58. The summed E-state index contributed by atoms with van der Waals surface area (Å²) >= 11 is 3.52. The number of halogens is 1. The Morgan fingerprint density at radius 2 is 2.17 bits per heavy atom. The van der Waals surface area contributed by atoms with Gasteiger partial charge in [0, 0.05) is 22.6 Å². The molecule has 0 aromatic heterocycles. The van der Waals surface area contributed by atoms with E-state index in [1.807, 2.05) is 0 Å². The van der Waals surface area contributed by atoms with Crippen LogP contribution in [0.3, 0.4) is 0 Å². The average Bonchev–Trinajstić information content (AvgIpc) is 2.26. The van der Waals surface area contributed by atoms with E-state index in [0.29, 0.717) is 6.04 Å². The van der Waals surface area contributed by atoms with Crippen molar-refractivity contribution >= 4 is 15.9 Å². The second-order valence-electron chi connectivity index (χ2n) is 5.40. The largest absolute Gasteiger partial charge is 0.493 e. The molecule has 1 aliphatic carbocycles. The van der Waals surface area contributed by atoms with Gasteiger partial charge in [-0.1, -0.05) is 36.2 Å². The monoisotopic (exact) mass is 311 g/mol. The number of hydrogen-bond donors (Lipinski definition) is 1. The van der Waals surface area contributed by atoms with Crippen LogP contribution in [0.2, 0.25) is 0 Å². The van der Waals surface area contributed by atoms with E-state index in [0.717, 1.165) is 29.3 Å². The van der Waals surface area contributed by atoms with E-state index < -0.39 is 0 Å². The number of ether oxygens (including phenoxy) is 1. The minimum atomic E-state index is 0.489. The van der Waals surface area contributed by atoms with E-state index >= 15 is 0 Å². The zero-order valence-corrected chi connectivity index (χ0v) is 12.8. The Morgan fingerprint density at radius 3 is 2.78 bits per heavy atom. The van der Waals surface area contributed by atoms with Crippen LogP contribution in [0.25, 0.3) is 0 Å². The van der Waals surface area contributed by atoms with Crippen LogP contribution in [0.15, 0.2) is 22.7 Å². The van der Waals surface area contributed by atoms with Gasteiger partial charge in [0.1, 0.15) is 5.75 Å². The van der Waals surface area contributed by atoms with Gasteiger partial charge in [-0.15, -0.1) is 0 Å². The zero-order valence-electron chi connectivity index (χ0n) is 11.2. The number of nitrogens with one attached hydrogen (secondary N) is 1. The summed E-state index contributed by atoms with van der Waals surface area (Å²) in [6.45, 7) is 6.05. The summed E-state index contributed by atoms with van der Waals surface area (Å²) in [5, 5.41) is 3.44. The summed E-state index contributed by atoms with van der Waals surface area (Å²) in [7, 11) is 0. The fourth-order valence-electron chi connectivity index (χ4n) is 2.01. The molecule has 0 amide bonds. The van der Waals surface area contributed by atoms with Crippen LogP contribution in [-0.2, 0) is 6.54 Å². The standard InChI is InChI=1S/C15H22BrNO/c1-11(2)17-9-13-8-14(16)6-7-15(13)18-10-12-4-3-5-12/h6-8,11-12,17H,3-5,9-10H2,1-2H3. The minimum Gasteiger partial charge on any atom is -0.493 e. The first-order chi connectivity index (χ1) is 8.65. The van der Waals surface area contributed by atoms with E-state index in [-0.39, 0.29) is 0 Å². The maximum atomic E-state index is 5.97. The van der Waals surface area contributed by atoms with E-state index in [1.165, 1.54) is 24.8 Å². The van der Waals surface area contributed by atoms with E-state index in [1.54, 1.807) is 0 Å². The van der Waals surface area contributed by atoms with Crippen molar-refractivity contribution in [2.75, 3.05) is 6.61 Å². The third-order valence-corrected chi connectivity index (χ3v) is 3.92. The zero-order chi connectivity index (χ0) is 13.0. The summed E-state index contributed by atoms with van der Waals surface area (Å²) in [5.74, 6) is 1.80. The normalized spacial score (nSPS) is 15.8. The van der Waals surface area contributed by atoms with Gasteiger partial charge in [-0.05, 0) is 37.0 Å². The average molecular weight is 312 g/mol. The number of benzene rings is 1. The second-order valence-corrected chi connectivity index (χ2v) is 6.31. The van der Waals surface area contributed by atoms with Crippen LogP contribution < -0.4 is 10.1 Å². The quantitative estimate of drug-likeness (QED) is 0.853. The first-order valence-electron chi connectivity index (χ1n) is 6.80. The van der Waals surface area contributed by atoms with Crippen molar-refractivity contribution in [3.8, 4) is 5.75 Å². The molecule has 0 aliphatic heterocycles. The Hall–Kier alpha value is -0.540. The molecule has 0 heterocycles. The van der Waals surface area contributed by atoms with Crippen molar-refractivity contribution in [2.45, 2.75) is 45.7 Å². The van der Waals surface area contributed by atoms with E-state index in [2.05, 4.69) is 53.3 Å². The van der Waals surface area contributed by atoms with Crippen LogP contribution in [0, 0.1) is 5.92 Å². The molecule has 0 atom stereocenters. The van der Waals surface area contributed by atoms with Crippen molar-refractivity contribution in [2.24, 2.45) is 5.92 Å². The maximum absolute atomic E-state index is 5.97. The molecule has 100 valence electrons. The summed E-state index contributed by atoms with van der Waals surface area (Å²) in [6, 6.07) is 6.75. The summed E-state index contributed by atoms with van der Waals surface area (Å²) in [4.78, 5) is 0. The number of hydrogen-bond acceptors (Lipinski definition) is 2. The van der Waals surface area contributed by atoms with Crippen molar-refractivity contribution in [3.05, 3.63) is 28.2 Å². The summed E-state index contributed by atoms with van der Waals surface area (Å²) in [5.41, 5.74) is 1.23. The Kier molecular flexibility index (Phi) is 5.07. The fraction of sp³-hybridized carbons (Fsp3) is 0.600. The van der Waals surface area contributed by atoms with Gasteiger partial charge in [0.2, 0.25) is 0 Å². The minimum absolute atomic E-state index is 0.489. The highest BCUT2D eigenvalue weighted by molar-refractivity contribution is 9.10. The molecule has 3 heteroatoms. The molecular formula is C15H22BrNO. The van der Waals surface area contributed by atoms with Gasteiger partial charge in [-0.3, -0.25) is 0 Å². The predicted octanol–water partition coefficient (Wildman–Crippen LogP) is 4.13. The van der Waals surface area contributed by atoms with Crippen molar-refractivity contribution in [3.63, 3.8) is 0 Å². The van der Waals surface area contributed by atoms with Crippen molar-refractivity contribution < 1.29 is 4.74 Å². The molecule has 0 unspecified atom stereocenters. The predicted molar refractivity (Wildman–Crippen MR) is 79.0 cm³/mol. The summed E-state index contributed by atoms with van der Waals surface area (Å²) < 4.78 is 7.08.